The van der Waals surface area contributed by atoms with Gasteiger partial charge >= 0.3 is 0 Å². The fraction of sp³-hybridized carbons (Fsp3) is 0.353. The van der Waals surface area contributed by atoms with E-state index in [-0.39, 0.29) is 23.3 Å². The van der Waals surface area contributed by atoms with Crippen LogP contribution in [0.3, 0.4) is 0 Å². The first-order chi connectivity index (χ1) is 11.6. The third kappa shape index (κ3) is 3.94. The van der Waals surface area contributed by atoms with Gasteiger partial charge in [-0.3, -0.25) is 9.59 Å². The second-order valence-electron chi connectivity index (χ2n) is 5.90. The number of benzene rings is 1. The molecule has 1 aliphatic carbocycles. The van der Waals surface area contributed by atoms with Crippen LogP contribution in [0.5, 0.6) is 0 Å². The molecule has 0 saturated heterocycles. The molecule has 1 saturated carbocycles. The van der Waals surface area contributed by atoms with Crippen LogP contribution in [0, 0.1) is 0 Å². The van der Waals surface area contributed by atoms with Gasteiger partial charge < -0.3 is 15.6 Å². The monoisotopic (exact) mass is 346 g/mol. The van der Waals surface area contributed by atoms with Crippen molar-refractivity contribution in [2.24, 2.45) is 0 Å². The van der Waals surface area contributed by atoms with Crippen molar-refractivity contribution in [3.8, 4) is 0 Å². The van der Waals surface area contributed by atoms with Crippen LogP contribution in [0.1, 0.15) is 53.1 Å². The molecule has 1 fully saturated rings. The summed E-state index contributed by atoms with van der Waals surface area (Å²) < 4.78 is 0. The molecule has 0 aliphatic heterocycles. The molecule has 3 rings (SSSR count). The van der Waals surface area contributed by atoms with E-state index in [1.807, 2.05) is 0 Å². The first-order valence-electron chi connectivity index (χ1n) is 8.04. The zero-order valence-corrected chi connectivity index (χ0v) is 13.9. The quantitative estimate of drug-likeness (QED) is 0.793. The SMILES string of the molecule is O=C(Nc1ccc(Cl)cc1)c1nc[nH]c1C(=O)NC1CCCCC1. The Balaban J connectivity index is 1.68. The Morgan fingerprint density at radius 1 is 1.08 bits per heavy atom. The summed E-state index contributed by atoms with van der Waals surface area (Å²) in [6, 6.07) is 6.90. The molecule has 0 atom stereocenters. The molecule has 2 amide bonds. The number of nitrogens with zero attached hydrogens (tertiary/aromatic N) is 1. The molecule has 1 aromatic heterocycles. The van der Waals surface area contributed by atoms with Crippen LogP contribution in [0.2, 0.25) is 5.02 Å². The Bertz CT molecular complexity index is 720. The molecule has 1 aliphatic rings. The van der Waals surface area contributed by atoms with E-state index in [0.717, 1.165) is 25.7 Å². The molecule has 1 aromatic carbocycles. The van der Waals surface area contributed by atoms with Gasteiger partial charge in [0.1, 0.15) is 5.69 Å². The largest absolute Gasteiger partial charge is 0.348 e. The average molecular weight is 347 g/mol. The smallest absolute Gasteiger partial charge is 0.276 e. The minimum Gasteiger partial charge on any atom is -0.348 e. The number of nitrogens with one attached hydrogen (secondary N) is 3. The molecule has 0 radical (unpaired) electrons. The summed E-state index contributed by atoms with van der Waals surface area (Å²) in [6.45, 7) is 0. The Morgan fingerprint density at radius 3 is 2.50 bits per heavy atom. The number of halogens is 1. The van der Waals surface area contributed by atoms with Crippen molar-refractivity contribution in [1.82, 2.24) is 15.3 Å². The Labute approximate surface area is 145 Å². The summed E-state index contributed by atoms with van der Waals surface area (Å²) in [4.78, 5) is 31.5. The van der Waals surface area contributed by atoms with Crippen molar-refractivity contribution in [3.05, 3.63) is 47.0 Å². The second kappa shape index (κ2) is 7.49. The van der Waals surface area contributed by atoms with Crippen LogP contribution in [0.4, 0.5) is 5.69 Å². The number of imidazole rings is 1. The lowest BCUT2D eigenvalue weighted by Crippen LogP contribution is -2.37. The maximum absolute atomic E-state index is 12.4. The summed E-state index contributed by atoms with van der Waals surface area (Å²) in [5.74, 6) is -0.729. The van der Waals surface area contributed by atoms with Gasteiger partial charge in [0.2, 0.25) is 0 Å². The number of carbonyl (C=O) groups is 2. The number of hydrogen-bond acceptors (Lipinski definition) is 3. The maximum atomic E-state index is 12.4. The topological polar surface area (TPSA) is 86.9 Å². The predicted molar refractivity (Wildman–Crippen MR) is 92.3 cm³/mol. The van der Waals surface area contributed by atoms with Crippen molar-refractivity contribution in [3.63, 3.8) is 0 Å². The van der Waals surface area contributed by atoms with E-state index in [4.69, 9.17) is 11.6 Å². The molecular weight excluding hydrogens is 328 g/mol. The first kappa shape index (κ1) is 16.5. The standard InChI is InChI=1S/C17H19ClN4O2/c18-11-6-8-13(9-7-11)22-17(24)15-14(19-10-20-15)16(23)21-12-4-2-1-3-5-12/h6-10,12H,1-5H2,(H,19,20)(H,21,23)(H,22,24). The van der Waals surface area contributed by atoms with Crippen LogP contribution in [-0.4, -0.2) is 27.8 Å². The van der Waals surface area contributed by atoms with Gasteiger partial charge in [-0.15, -0.1) is 0 Å². The van der Waals surface area contributed by atoms with Gasteiger partial charge in [-0.2, -0.15) is 0 Å². The lowest BCUT2D eigenvalue weighted by Gasteiger charge is -2.22. The molecular formula is C17H19ClN4O2. The molecule has 0 spiro atoms. The number of H-pyrrole nitrogens is 1. The highest BCUT2D eigenvalue weighted by molar-refractivity contribution is 6.30. The molecule has 6 nitrogen and oxygen atoms in total. The second-order valence-corrected chi connectivity index (χ2v) is 6.33. The molecule has 3 N–H and O–H groups in total. The fourth-order valence-corrected chi connectivity index (χ4v) is 2.99. The van der Waals surface area contributed by atoms with Gasteiger partial charge in [-0.05, 0) is 37.1 Å². The van der Waals surface area contributed by atoms with Crippen molar-refractivity contribution in [2.75, 3.05) is 5.32 Å². The van der Waals surface area contributed by atoms with E-state index < -0.39 is 5.91 Å². The van der Waals surface area contributed by atoms with Crippen LogP contribution in [0.15, 0.2) is 30.6 Å². The number of anilines is 1. The van der Waals surface area contributed by atoms with Crippen molar-refractivity contribution in [1.29, 1.82) is 0 Å². The fourth-order valence-electron chi connectivity index (χ4n) is 2.87. The highest BCUT2D eigenvalue weighted by Gasteiger charge is 2.23. The van der Waals surface area contributed by atoms with Gasteiger partial charge in [0, 0.05) is 16.8 Å². The van der Waals surface area contributed by atoms with Gasteiger partial charge in [0.05, 0.1) is 6.33 Å². The lowest BCUT2D eigenvalue weighted by atomic mass is 9.95. The molecule has 0 bridgehead atoms. The summed E-state index contributed by atoms with van der Waals surface area (Å²) in [7, 11) is 0. The van der Waals surface area contributed by atoms with E-state index in [9.17, 15) is 9.59 Å². The number of carbonyl (C=O) groups excluding carboxylic acids is 2. The number of hydrogen-bond donors (Lipinski definition) is 3. The Morgan fingerprint density at radius 2 is 1.79 bits per heavy atom. The number of rotatable bonds is 4. The minimum absolute atomic E-state index is 0.0817. The van der Waals surface area contributed by atoms with Gasteiger partial charge in [0.15, 0.2) is 5.69 Å². The molecule has 1 heterocycles. The van der Waals surface area contributed by atoms with Crippen LogP contribution in [0.25, 0.3) is 0 Å². The molecule has 24 heavy (non-hydrogen) atoms. The zero-order chi connectivity index (χ0) is 16.9. The van der Waals surface area contributed by atoms with Crippen molar-refractivity contribution >= 4 is 29.1 Å². The zero-order valence-electron chi connectivity index (χ0n) is 13.1. The summed E-state index contributed by atoms with van der Waals surface area (Å²) in [5, 5.41) is 6.27. The molecule has 126 valence electrons. The Kier molecular flexibility index (Phi) is 5.15. The number of aromatic amines is 1. The van der Waals surface area contributed by atoms with E-state index in [1.165, 1.54) is 12.7 Å². The van der Waals surface area contributed by atoms with Gasteiger partial charge in [-0.1, -0.05) is 30.9 Å². The van der Waals surface area contributed by atoms with E-state index in [0.29, 0.717) is 10.7 Å². The maximum Gasteiger partial charge on any atom is 0.276 e. The summed E-state index contributed by atoms with van der Waals surface area (Å²) >= 11 is 5.82. The normalized spacial score (nSPS) is 15.0. The summed E-state index contributed by atoms with van der Waals surface area (Å²) in [5.41, 5.74) is 0.858. The van der Waals surface area contributed by atoms with Crippen LogP contribution >= 0.6 is 11.6 Å². The highest BCUT2D eigenvalue weighted by atomic mass is 35.5. The minimum atomic E-state index is -0.438. The van der Waals surface area contributed by atoms with E-state index >= 15 is 0 Å². The predicted octanol–water partition coefficient (Wildman–Crippen LogP) is 3.38. The van der Waals surface area contributed by atoms with E-state index in [2.05, 4.69) is 20.6 Å². The van der Waals surface area contributed by atoms with Crippen LogP contribution in [-0.2, 0) is 0 Å². The third-order valence-corrected chi connectivity index (χ3v) is 4.38. The Hall–Kier alpha value is -2.34. The van der Waals surface area contributed by atoms with E-state index in [1.54, 1.807) is 24.3 Å². The van der Waals surface area contributed by atoms with Gasteiger partial charge in [0.25, 0.3) is 11.8 Å². The van der Waals surface area contributed by atoms with Crippen LogP contribution < -0.4 is 10.6 Å². The molecule has 0 unspecified atom stereocenters. The van der Waals surface area contributed by atoms with Crippen molar-refractivity contribution in [2.45, 2.75) is 38.1 Å². The summed E-state index contributed by atoms with van der Waals surface area (Å²) in [6.07, 6.45) is 6.77. The van der Waals surface area contributed by atoms with Gasteiger partial charge in [-0.25, -0.2) is 4.98 Å². The molecule has 2 aromatic rings. The average Bonchev–Trinajstić information content (AvgIpc) is 3.08. The van der Waals surface area contributed by atoms with Crippen molar-refractivity contribution < 1.29 is 9.59 Å². The third-order valence-electron chi connectivity index (χ3n) is 4.12. The first-order valence-corrected chi connectivity index (χ1v) is 8.42. The number of amides is 2. The highest BCUT2D eigenvalue weighted by Crippen LogP contribution is 2.18. The number of aromatic nitrogens is 2. The lowest BCUT2D eigenvalue weighted by molar-refractivity contribution is 0.0912. The molecule has 7 heteroatoms.